The highest BCUT2D eigenvalue weighted by atomic mass is 16.5. The van der Waals surface area contributed by atoms with E-state index in [9.17, 15) is 4.79 Å². The van der Waals surface area contributed by atoms with Crippen LogP contribution in [0.2, 0.25) is 0 Å². The lowest BCUT2D eigenvalue weighted by Crippen LogP contribution is -2.02. The fraction of sp³-hybridized carbons (Fsp3) is 0.214. The third-order valence-corrected chi connectivity index (χ3v) is 2.41. The first-order valence-electron chi connectivity index (χ1n) is 5.37. The van der Waals surface area contributed by atoms with Crippen molar-refractivity contribution in [3.63, 3.8) is 0 Å². The van der Waals surface area contributed by atoms with Crippen LogP contribution in [0.15, 0.2) is 39.1 Å². The van der Waals surface area contributed by atoms with Crippen LogP contribution in [0.5, 0.6) is 5.75 Å². The van der Waals surface area contributed by atoms with Gasteiger partial charge in [0, 0.05) is 11.5 Å². The van der Waals surface area contributed by atoms with E-state index in [2.05, 4.69) is 0 Å². The van der Waals surface area contributed by atoms with Gasteiger partial charge in [-0.15, -0.1) is 0 Å². The molecule has 0 radical (unpaired) electrons. The van der Waals surface area contributed by atoms with Crippen molar-refractivity contribution in [2.24, 2.45) is 0 Å². The summed E-state index contributed by atoms with van der Waals surface area (Å²) < 4.78 is 10.3. The van der Waals surface area contributed by atoms with Crippen LogP contribution in [0.3, 0.4) is 0 Å². The van der Waals surface area contributed by atoms with E-state index in [1.165, 1.54) is 0 Å². The molecule has 0 amide bonds. The van der Waals surface area contributed by atoms with Gasteiger partial charge in [0.1, 0.15) is 11.3 Å². The van der Waals surface area contributed by atoms with Gasteiger partial charge in [0.05, 0.1) is 12.7 Å². The molecule has 3 nitrogen and oxygen atoms in total. The molecule has 2 aromatic rings. The molecule has 0 aliphatic rings. The Labute approximate surface area is 99.3 Å². The largest absolute Gasteiger partial charge is 0.497 e. The predicted octanol–water partition coefficient (Wildman–Crippen LogP) is 3.22. The Kier molecular flexibility index (Phi) is 3.00. The van der Waals surface area contributed by atoms with E-state index >= 15 is 0 Å². The van der Waals surface area contributed by atoms with E-state index in [4.69, 9.17) is 9.15 Å². The van der Waals surface area contributed by atoms with Crippen molar-refractivity contribution in [3.8, 4) is 5.75 Å². The molecule has 0 bridgehead atoms. The zero-order chi connectivity index (χ0) is 12.4. The van der Waals surface area contributed by atoms with Crippen molar-refractivity contribution in [1.82, 2.24) is 0 Å². The molecule has 1 aromatic heterocycles. The topological polar surface area (TPSA) is 39.4 Å². The molecule has 17 heavy (non-hydrogen) atoms. The second-order valence-electron chi connectivity index (χ2n) is 4.11. The first-order chi connectivity index (χ1) is 8.10. The predicted molar refractivity (Wildman–Crippen MR) is 68.4 cm³/mol. The second kappa shape index (κ2) is 4.45. The molecule has 0 aliphatic heterocycles. The monoisotopic (exact) mass is 230 g/mol. The maximum atomic E-state index is 11.7. The highest BCUT2D eigenvalue weighted by molar-refractivity contribution is 5.80. The first kappa shape index (κ1) is 11.5. The van der Waals surface area contributed by atoms with Crippen LogP contribution in [0, 0.1) is 0 Å². The molecule has 0 saturated carbocycles. The van der Waals surface area contributed by atoms with Crippen molar-refractivity contribution < 1.29 is 9.15 Å². The summed E-state index contributed by atoms with van der Waals surface area (Å²) >= 11 is 0. The van der Waals surface area contributed by atoms with E-state index in [1.54, 1.807) is 13.2 Å². The molecule has 0 fully saturated rings. The lowest BCUT2D eigenvalue weighted by molar-refractivity contribution is 0.414. The molecule has 0 N–H and O–H groups in total. The lowest BCUT2D eigenvalue weighted by atomic mass is 10.1. The maximum Gasteiger partial charge on any atom is 0.343 e. The molecule has 1 heterocycles. The normalized spacial score (nSPS) is 10.3. The van der Waals surface area contributed by atoms with Crippen molar-refractivity contribution in [2.45, 2.75) is 13.8 Å². The zero-order valence-corrected chi connectivity index (χ0v) is 10.1. The van der Waals surface area contributed by atoms with Crippen LogP contribution >= 0.6 is 0 Å². The molecule has 0 aliphatic carbocycles. The van der Waals surface area contributed by atoms with Gasteiger partial charge in [-0.3, -0.25) is 0 Å². The van der Waals surface area contributed by atoms with Crippen LogP contribution in [-0.4, -0.2) is 7.11 Å². The number of ether oxygens (including phenoxy) is 1. The number of benzene rings is 1. The zero-order valence-electron chi connectivity index (χ0n) is 10.1. The molecule has 88 valence electrons. The highest BCUT2D eigenvalue weighted by Crippen LogP contribution is 2.20. The van der Waals surface area contributed by atoms with Crippen LogP contribution in [0.25, 0.3) is 17.0 Å². The molecule has 0 unspecified atom stereocenters. The van der Waals surface area contributed by atoms with E-state index in [0.717, 1.165) is 11.0 Å². The maximum absolute atomic E-state index is 11.7. The van der Waals surface area contributed by atoms with Crippen LogP contribution in [-0.2, 0) is 0 Å². The van der Waals surface area contributed by atoms with Gasteiger partial charge in [0.15, 0.2) is 0 Å². The molecule has 3 heteroatoms. The lowest BCUT2D eigenvalue weighted by Gasteiger charge is -2.02. The third kappa shape index (κ3) is 2.38. The molecule has 0 spiro atoms. The Morgan fingerprint density at radius 2 is 2.06 bits per heavy atom. The SMILES string of the molecule is COc1ccc2cc(C=C(C)C)c(=O)oc2c1. The van der Waals surface area contributed by atoms with E-state index in [-0.39, 0.29) is 5.63 Å². The quantitative estimate of drug-likeness (QED) is 0.743. The van der Waals surface area contributed by atoms with Gasteiger partial charge < -0.3 is 9.15 Å². The molecule has 0 atom stereocenters. The number of methoxy groups -OCH3 is 1. The summed E-state index contributed by atoms with van der Waals surface area (Å²) in [5, 5.41) is 0.887. The minimum absolute atomic E-state index is 0.327. The van der Waals surface area contributed by atoms with Crippen molar-refractivity contribution in [2.75, 3.05) is 7.11 Å². The minimum atomic E-state index is -0.327. The number of rotatable bonds is 2. The summed E-state index contributed by atoms with van der Waals surface area (Å²) in [6, 6.07) is 7.25. The summed E-state index contributed by atoms with van der Waals surface area (Å²) in [4.78, 5) is 11.7. The number of hydrogen-bond donors (Lipinski definition) is 0. The fourth-order valence-corrected chi connectivity index (χ4v) is 1.65. The van der Waals surface area contributed by atoms with Crippen molar-refractivity contribution in [1.29, 1.82) is 0 Å². The Hall–Kier alpha value is -2.03. The Morgan fingerprint density at radius 3 is 2.71 bits per heavy atom. The van der Waals surface area contributed by atoms with Crippen LogP contribution in [0.1, 0.15) is 19.4 Å². The first-order valence-corrected chi connectivity index (χ1v) is 5.37. The van der Waals surface area contributed by atoms with Gasteiger partial charge in [0.2, 0.25) is 0 Å². The van der Waals surface area contributed by atoms with Gasteiger partial charge in [-0.2, -0.15) is 0 Å². The van der Waals surface area contributed by atoms with Gasteiger partial charge in [-0.25, -0.2) is 4.79 Å². The van der Waals surface area contributed by atoms with Gasteiger partial charge >= 0.3 is 5.63 Å². The summed E-state index contributed by atoms with van der Waals surface area (Å²) in [6.07, 6.45) is 1.81. The summed E-state index contributed by atoms with van der Waals surface area (Å²) in [5.41, 5.74) is 1.85. The van der Waals surface area contributed by atoms with Gasteiger partial charge in [0.25, 0.3) is 0 Å². The molecular formula is C14H14O3. The second-order valence-corrected chi connectivity index (χ2v) is 4.11. The smallest absolute Gasteiger partial charge is 0.343 e. The van der Waals surface area contributed by atoms with Crippen molar-refractivity contribution in [3.05, 3.63) is 45.8 Å². The summed E-state index contributed by atoms with van der Waals surface area (Å²) in [7, 11) is 1.58. The Balaban J connectivity index is 2.66. The van der Waals surface area contributed by atoms with E-state index < -0.39 is 0 Å². The average Bonchev–Trinajstić information content (AvgIpc) is 2.29. The highest BCUT2D eigenvalue weighted by Gasteiger charge is 2.04. The van der Waals surface area contributed by atoms with Gasteiger partial charge in [-0.05, 0) is 38.1 Å². The average molecular weight is 230 g/mol. The van der Waals surface area contributed by atoms with E-state index in [0.29, 0.717) is 16.9 Å². The minimum Gasteiger partial charge on any atom is -0.497 e. The van der Waals surface area contributed by atoms with Crippen LogP contribution in [0.4, 0.5) is 0 Å². The van der Waals surface area contributed by atoms with Crippen LogP contribution < -0.4 is 10.4 Å². The van der Waals surface area contributed by atoms with E-state index in [1.807, 2.05) is 38.1 Å². The number of allylic oxidation sites excluding steroid dienone is 1. The summed E-state index contributed by atoms with van der Waals surface area (Å²) in [5.74, 6) is 0.676. The summed E-state index contributed by atoms with van der Waals surface area (Å²) in [6.45, 7) is 3.88. The number of fused-ring (bicyclic) bond motifs is 1. The molecule has 0 saturated heterocycles. The fourth-order valence-electron chi connectivity index (χ4n) is 1.65. The molecule has 1 aromatic carbocycles. The van der Waals surface area contributed by atoms with Crippen molar-refractivity contribution >= 4 is 17.0 Å². The Bertz CT molecular complexity index is 631. The third-order valence-electron chi connectivity index (χ3n) is 2.41. The Morgan fingerprint density at radius 1 is 1.29 bits per heavy atom. The molecule has 2 rings (SSSR count). The standard InChI is InChI=1S/C14H14O3/c1-9(2)6-11-7-10-4-5-12(16-3)8-13(10)17-14(11)15/h4-8H,1-3H3. The number of hydrogen-bond acceptors (Lipinski definition) is 3. The van der Waals surface area contributed by atoms with Gasteiger partial charge in [-0.1, -0.05) is 5.57 Å². The molecular weight excluding hydrogens is 216 g/mol.